The third-order valence-electron chi connectivity index (χ3n) is 2.31. The summed E-state index contributed by atoms with van der Waals surface area (Å²) in [6.07, 6.45) is 4.26. The molecule has 1 radical (unpaired) electrons. The zero-order valence-electron chi connectivity index (χ0n) is 8.82. The average molecular weight is 323 g/mol. The Morgan fingerprint density at radius 1 is 1.19 bits per heavy atom. The maximum absolute atomic E-state index is 8.76. The van der Waals surface area contributed by atoms with Crippen molar-refractivity contribution in [3.8, 4) is 0 Å². The van der Waals surface area contributed by atoms with Crippen molar-refractivity contribution < 1.29 is 23.7 Å². The van der Waals surface area contributed by atoms with Gasteiger partial charge in [-0.25, -0.2) is 0 Å². The minimum absolute atomic E-state index is 0. The van der Waals surface area contributed by atoms with Crippen LogP contribution in [0.15, 0.2) is 30.5 Å². The fourth-order valence-electron chi connectivity index (χ4n) is 1.48. The Morgan fingerprint density at radius 3 is 2.44 bits per heavy atom. The fourth-order valence-corrected chi connectivity index (χ4v) is 2.76. The van der Waals surface area contributed by atoms with Crippen LogP contribution in [0.25, 0.3) is 10.9 Å². The van der Waals surface area contributed by atoms with Crippen molar-refractivity contribution in [3.05, 3.63) is 30.5 Å². The van der Waals surface area contributed by atoms with Gasteiger partial charge in [-0.2, -0.15) is 6.20 Å². The summed E-state index contributed by atoms with van der Waals surface area (Å²) in [6, 6.07) is 7.88. The number of hydrogen-bond acceptors (Lipinski definition) is 1. The van der Waals surface area contributed by atoms with Crippen LogP contribution < -0.4 is 5.10 Å². The van der Waals surface area contributed by atoms with Gasteiger partial charge in [-0.15, -0.1) is 0 Å². The maximum Gasteiger partial charge on any atom is 3.00 e. The first-order chi connectivity index (χ1) is 7.36. The molecule has 1 N–H and O–H groups in total. The minimum Gasteiger partial charge on any atom is -0.581 e. The van der Waals surface area contributed by atoms with Crippen LogP contribution in [0.1, 0.15) is 12.8 Å². The van der Waals surface area contributed by atoms with Crippen molar-refractivity contribution in [2.75, 3.05) is 11.5 Å². The van der Waals surface area contributed by atoms with Gasteiger partial charge in [0.2, 0.25) is 0 Å². The molecule has 0 atom stereocenters. The van der Waals surface area contributed by atoms with Crippen LogP contribution in [0.4, 0.5) is 0 Å². The van der Waals surface area contributed by atoms with E-state index in [0.29, 0.717) is 0 Å². The molecule has 3 nitrogen and oxygen atoms in total. The molecule has 3 rings (SSSR count). The molecule has 1 saturated heterocycles. The van der Waals surface area contributed by atoms with Crippen molar-refractivity contribution in [2.24, 2.45) is 0 Å². The molecule has 16 heavy (non-hydrogen) atoms. The summed E-state index contributed by atoms with van der Waals surface area (Å²) in [4.78, 5) is 0. The molecule has 2 heterocycles. The molecule has 1 aliphatic rings. The molecule has 0 unspecified atom stereocenters. The molecule has 1 aliphatic heterocycles. The van der Waals surface area contributed by atoms with E-state index < -0.39 is 0 Å². The van der Waals surface area contributed by atoms with E-state index in [9.17, 15) is 0 Å². The number of benzene rings is 1. The van der Waals surface area contributed by atoms with E-state index in [0.717, 1.165) is 22.4 Å². The molecule has 1 fully saturated rings. The molecular weight excluding hydrogens is 309 g/mol. The van der Waals surface area contributed by atoms with E-state index in [4.69, 9.17) is 4.21 Å². The van der Waals surface area contributed by atoms with Crippen LogP contribution in [0.2, 0.25) is 0 Å². The molecule has 0 aliphatic carbocycles. The smallest absolute Gasteiger partial charge is 0.581 e. The first kappa shape index (κ1) is 13.5. The molecule has 0 amide bonds. The molecule has 85 valence electrons. The number of nitrogens with zero attached hydrogens (tertiary/aromatic N) is 2. The molecule has 5 heteroatoms. The van der Waals surface area contributed by atoms with Crippen molar-refractivity contribution in [2.45, 2.75) is 12.8 Å². The summed E-state index contributed by atoms with van der Waals surface area (Å²) in [5.74, 6) is 2.14. The first-order valence-electron chi connectivity index (χ1n) is 5.06. The summed E-state index contributed by atoms with van der Waals surface area (Å²) in [7, 11) is -0.173. The van der Waals surface area contributed by atoms with Gasteiger partial charge < -0.3 is 10.2 Å². The zero-order chi connectivity index (χ0) is 10.5. The largest absolute Gasteiger partial charge is 3.00 e. The van der Waals surface area contributed by atoms with Gasteiger partial charge in [0.05, 0.1) is 11.5 Å². The Kier molecular flexibility index (Phi) is 5.85. The van der Waals surface area contributed by atoms with Crippen LogP contribution in [-0.2, 0) is 30.3 Å². The molecule has 0 bridgehead atoms. The summed E-state index contributed by atoms with van der Waals surface area (Å²) >= 11 is 0. The van der Waals surface area contributed by atoms with Gasteiger partial charge in [0, 0.05) is 5.52 Å². The van der Waals surface area contributed by atoms with Gasteiger partial charge in [0.25, 0.3) is 0 Å². The fraction of sp³-hybridized carbons (Fsp3) is 0.364. The van der Waals surface area contributed by atoms with E-state index in [2.05, 4.69) is 10.2 Å². The minimum atomic E-state index is -0.173. The summed E-state index contributed by atoms with van der Waals surface area (Å²) < 4.78 is 8.76. The Labute approximate surface area is 110 Å². The zero-order valence-corrected chi connectivity index (χ0v) is 11.4. The summed E-state index contributed by atoms with van der Waals surface area (Å²) in [5, 5.41) is 8.73. The third-order valence-corrected chi connectivity index (χ3v) is 3.83. The van der Waals surface area contributed by atoms with E-state index in [1.165, 1.54) is 12.8 Å². The molecule has 1 aromatic heterocycles. The normalized spacial score (nSPS) is 15.2. The van der Waals surface area contributed by atoms with Gasteiger partial charge in [-0.3, -0.25) is 4.21 Å². The van der Waals surface area contributed by atoms with Crippen molar-refractivity contribution in [3.63, 3.8) is 0 Å². The standard InChI is InChI=1S/C7H5N2.C4H8OS.Ru/c1-2-4-7-6(3-1)5-8-9-7;5-6-3-1-2-4-6;/h1-5H;1-4H2;/q-1;;+3/p+1. The number of hydrogen-bond donors (Lipinski definition) is 0. The second-order valence-corrected chi connectivity index (χ2v) is 5.22. The number of rotatable bonds is 0. The van der Waals surface area contributed by atoms with Gasteiger partial charge >= 0.3 is 19.5 Å². The Bertz CT molecular complexity index is 420. The van der Waals surface area contributed by atoms with Crippen LogP contribution in [-0.4, -0.2) is 20.8 Å². The quantitative estimate of drug-likeness (QED) is 0.549. The second-order valence-electron chi connectivity index (χ2n) is 3.48. The van der Waals surface area contributed by atoms with Crippen LogP contribution >= 0.6 is 0 Å². The third kappa shape index (κ3) is 3.80. The molecule has 2 aromatic rings. The maximum atomic E-state index is 8.76. The second kappa shape index (κ2) is 6.92. The topological polar surface area (TPSA) is 48.4 Å². The molecular formula is C11H14N2ORuS+3. The van der Waals surface area contributed by atoms with E-state index in [-0.39, 0.29) is 30.3 Å². The Balaban J connectivity index is 0.000000162. The van der Waals surface area contributed by atoms with Crippen LogP contribution in [0.5, 0.6) is 0 Å². The Hall–Kier alpha value is -0.537. The number of aromatic nitrogens is 2. The van der Waals surface area contributed by atoms with Gasteiger partial charge in [0.15, 0.2) is 10.8 Å². The van der Waals surface area contributed by atoms with Crippen LogP contribution in [0, 0.1) is 0 Å². The molecule has 0 saturated carbocycles. The molecule has 1 aromatic carbocycles. The summed E-state index contributed by atoms with van der Waals surface area (Å²) in [5.41, 5.74) is 0.970. The van der Waals surface area contributed by atoms with E-state index in [1.54, 1.807) is 6.20 Å². The predicted octanol–water partition coefficient (Wildman–Crippen LogP) is 1.88. The SMILES string of the molecule is [OH+]=S1CCCC1.[Ru+3].c1ccc2n[n-]cc2c1. The summed E-state index contributed by atoms with van der Waals surface area (Å²) in [6.45, 7) is 0. The van der Waals surface area contributed by atoms with Gasteiger partial charge in [0.1, 0.15) is 0 Å². The average Bonchev–Trinajstić information content (AvgIpc) is 2.88. The first-order valence-corrected chi connectivity index (χ1v) is 6.58. The van der Waals surface area contributed by atoms with Gasteiger partial charge in [-0.1, -0.05) is 18.2 Å². The van der Waals surface area contributed by atoms with Crippen LogP contribution in [0.3, 0.4) is 0 Å². The monoisotopic (exact) mass is 324 g/mol. The van der Waals surface area contributed by atoms with Crippen molar-refractivity contribution >= 4 is 21.7 Å². The van der Waals surface area contributed by atoms with Crippen molar-refractivity contribution in [1.29, 1.82) is 0 Å². The van der Waals surface area contributed by atoms with Crippen molar-refractivity contribution in [1.82, 2.24) is 10.2 Å². The molecule has 0 spiro atoms. The van der Waals surface area contributed by atoms with E-state index >= 15 is 0 Å². The predicted molar refractivity (Wildman–Crippen MR) is 63.3 cm³/mol. The number of fused-ring (bicyclic) bond motifs is 1. The Morgan fingerprint density at radius 2 is 1.88 bits per heavy atom. The van der Waals surface area contributed by atoms with Gasteiger partial charge in [-0.05, 0) is 24.3 Å². The van der Waals surface area contributed by atoms with E-state index in [1.807, 2.05) is 24.3 Å².